The summed E-state index contributed by atoms with van der Waals surface area (Å²) in [6, 6.07) is 2.71. The van der Waals surface area contributed by atoms with E-state index in [0.29, 0.717) is 6.42 Å². The molecule has 13 heteroatoms. The number of alkyl halides is 2. The van der Waals surface area contributed by atoms with E-state index >= 15 is 0 Å². The molecule has 1 aromatic carbocycles. The van der Waals surface area contributed by atoms with Gasteiger partial charge in [0.05, 0.1) is 22.3 Å². The number of hydrogen-bond acceptors (Lipinski definition) is 7. The highest BCUT2D eigenvalue weighted by atomic mass is 35.5. The Hall–Kier alpha value is -2.73. The lowest BCUT2D eigenvalue weighted by atomic mass is 10.2. The highest BCUT2D eigenvalue weighted by Gasteiger charge is 2.18. The number of pyridine rings is 1. The number of rotatable bonds is 13. The van der Waals surface area contributed by atoms with Crippen LogP contribution >= 0.6 is 23.2 Å². The van der Waals surface area contributed by atoms with Crippen molar-refractivity contribution in [2.75, 3.05) is 25.1 Å². The molecule has 0 saturated carbocycles. The number of halogens is 4. The molecule has 0 aliphatic carbocycles. The van der Waals surface area contributed by atoms with E-state index in [9.17, 15) is 18.4 Å². The second-order valence-corrected chi connectivity index (χ2v) is 7.35. The average Bonchev–Trinajstić information content (AvgIpc) is 2.75. The molecule has 180 valence electrons. The fourth-order valence-electron chi connectivity index (χ4n) is 2.64. The van der Waals surface area contributed by atoms with Gasteiger partial charge in [0.1, 0.15) is 6.04 Å². The first-order valence-corrected chi connectivity index (χ1v) is 10.4. The molecule has 0 radical (unpaired) electrons. The van der Waals surface area contributed by atoms with Crippen LogP contribution in [0.15, 0.2) is 30.6 Å². The topological polar surface area (TPSA) is 130 Å². The van der Waals surface area contributed by atoms with Gasteiger partial charge in [-0.2, -0.15) is 8.78 Å². The third kappa shape index (κ3) is 8.28. The summed E-state index contributed by atoms with van der Waals surface area (Å²) in [7, 11) is 0. The van der Waals surface area contributed by atoms with Crippen LogP contribution in [-0.4, -0.2) is 59.5 Å². The van der Waals surface area contributed by atoms with Crippen LogP contribution in [0.4, 0.5) is 14.5 Å². The van der Waals surface area contributed by atoms with E-state index in [0.717, 1.165) is 6.07 Å². The van der Waals surface area contributed by atoms with Crippen LogP contribution in [0.2, 0.25) is 10.0 Å². The molecule has 0 aliphatic rings. The van der Waals surface area contributed by atoms with Gasteiger partial charge in [-0.05, 0) is 37.6 Å². The largest absolute Gasteiger partial charge is 0.490 e. The van der Waals surface area contributed by atoms with Gasteiger partial charge in [-0.3, -0.25) is 14.6 Å². The second-order valence-electron chi connectivity index (χ2n) is 6.53. The van der Waals surface area contributed by atoms with Crippen molar-refractivity contribution in [2.45, 2.75) is 25.5 Å². The number of carboxylic acids is 1. The van der Waals surface area contributed by atoms with E-state index in [1.165, 1.54) is 24.5 Å². The zero-order valence-corrected chi connectivity index (χ0v) is 18.6. The smallest absolute Gasteiger partial charge is 0.387 e. The van der Waals surface area contributed by atoms with E-state index in [4.69, 9.17) is 38.2 Å². The normalized spacial score (nSPS) is 11.8. The van der Waals surface area contributed by atoms with E-state index in [1.54, 1.807) is 0 Å². The molecule has 1 aromatic heterocycles. The number of hydrogen-bond donors (Lipinski definition) is 4. The van der Waals surface area contributed by atoms with E-state index in [2.05, 4.69) is 20.4 Å². The molecule has 33 heavy (non-hydrogen) atoms. The molecule has 0 unspecified atom stereocenters. The van der Waals surface area contributed by atoms with Crippen molar-refractivity contribution in [1.29, 1.82) is 0 Å². The lowest BCUT2D eigenvalue weighted by Crippen LogP contribution is -2.38. The molecule has 1 amide bonds. The molecule has 0 saturated heterocycles. The molecular formula is C20H21Cl2F2N3O6. The van der Waals surface area contributed by atoms with Crippen LogP contribution in [0.1, 0.15) is 23.2 Å². The zero-order valence-electron chi connectivity index (χ0n) is 17.1. The average molecular weight is 508 g/mol. The fraction of sp³-hybridized carbons (Fsp3) is 0.350. The summed E-state index contributed by atoms with van der Waals surface area (Å²) in [6.07, 6.45) is 2.93. The highest BCUT2D eigenvalue weighted by molar-refractivity contribution is 6.39. The van der Waals surface area contributed by atoms with Crippen molar-refractivity contribution >= 4 is 40.8 Å². The van der Waals surface area contributed by atoms with Crippen molar-refractivity contribution in [3.05, 3.63) is 46.2 Å². The molecule has 1 atom stereocenters. The van der Waals surface area contributed by atoms with E-state index < -0.39 is 24.5 Å². The molecular weight excluding hydrogens is 487 g/mol. The van der Waals surface area contributed by atoms with Crippen LogP contribution in [-0.2, 0) is 4.79 Å². The predicted octanol–water partition coefficient (Wildman–Crippen LogP) is 3.44. The predicted molar refractivity (Wildman–Crippen MR) is 117 cm³/mol. The molecule has 0 bridgehead atoms. The van der Waals surface area contributed by atoms with Crippen LogP contribution in [0, 0.1) is 0 Å². The Bertz CT molecular complexity index is 947. The lowest BCUT2D eigenvalue weighted by Gasteiger charge is -2.15. The molecule has 1 heterocycles. The first kappa shape index (κ1) is 26.5. The minimum atomic E-state index is -3.11. The number of amides is 1. The number of aromatic nitrogens is 1. The maximum atomic E-state index is 12.7. The minimum absolute atomic E-state index is 0.00510. The number of anilines is 1. The van der Waals surface area contributed by atoms with E-state index in [1.807, 2.05) is 0 Å². The van der Waals surface area contributed by atoms with Gasteiger partial charge in [-0.25, -0.2) is 0 Å². The van der Waals surface area contributed by atoms with E-state index in [-0.39, 0.29) is 59.0 Å². The van der Waals surface area contributed by atoms with Crippen molar-refractivity contribution in [3.8, 4) is 11.5 Å². The van der Waals surface area contributed by atoms with Gasteiger partial charge in [0.2, 0.25) is 0 Å². The maximum absolute atomic E-state index is 12.7. The minimum Gasteiger partial charge on any atom is -0.490 e. The molecule has 0 fully saturated rings. The molecule has 2 aromatic rings. The summed E-state index contributed by atoms with van der Waals surface area (Å²) < 4.78 is 35.4. The Morgan fingerprint density at radius 1 is 1.15 bits per heavy atom. The number of aliphatic carboxylic acids is 1. The maximum Gasteiger partial charge on any atom is 0.387 e. The second kappa shape index (κ2) is 13.1. The van der Waals surface area contributed by atoms with Crippen molar-refractivity contribution in [1.82, 2.24) is 10.3 Å². The van der Waals surface area contributed by atoms with Gasteiger partial charge < -0.3 is 30.3 Å². The Morgan fingerprint density at radius 2 is 1.85 bits per heavy atom. The SMILES string of the molecule is O=C(Nc1c(Cl)cncc1Cl)c1ccc(OC(F)F)c(OCCCN[C@H](CCO)C(=O)O)c1. The first-order chi connectivity index (χ1) is 15.7. The number of carboxylic acid groups (broad SMARTS) is 1. The number of carbonyl (C=O) groups excluding carboxylic acids is 1. The quantitative estimate of drug-likeness (QED) is 0.303. The highest BCUT2D eigenvalue weighted by Crippen LogP contribution is 2.32. The lowest BCUT2D eigenvalue weighted by molar-refractivity contribution is -0.139. The molecule has 0 spiro atoms. The summed E-state index contributed by atoms with van der Waals surface area (Å²) in [6.45, 7) is -3.18. The fourth-order valence-corrected chi connectivity index (χ4v) is 3.10. The first-order valence-electron chi connectivity index (χ1n) is 9.62. The summed E-state index contributed by atoms with van der Waals surface area (Å²) in [5, 5.41) is 23.4. The van der Waals surface area contributed by atoms with Crippen molar-refractivity contribution < 1.29 is 38.1 Å². The number of aliphatic hydroxyl groups is 1. The Labute approximate surface area is 197 Å². The number of carbonyl (C=O) groups is 2. The standard InChI is InChI=1S/C20H21Cl2F2N3O6/c21-12-9-25-10-13(22)17(12)27-18(29)11-2-3-15(33-20(23)24)16(8-11)32-7-1-5-26-14(4-6-28)19(30)31/h2-3,8-10,14,20,26,28H,1,4-7H2,(H,30,31)(H,25,27,29)/t14-/m1/s1. The van der Waals surface area contributed by atoms with Crippen molar-refractivity contribution in [2.24, 2.45) is 0 Å². The van der Waals surface area contributed by atoms with Crippen LogP contribution < -0.4 is 20.1 Å². The third-order valence-electron chi connectivity index (χ3n) is 4.20. The van der Waals surface area contributed by atoms with Crippen LogP contribution in [0.25, 0.3) is 0 Å². The number of ether oxygens (including phenoxy) is 2. The Kier molecular flexibility index (Phi) is 10.5. The zero-order chi connectivity index (χ0) is 24.4. The number of nitrogens with zero attached hydrogens (tertiary/aromatic N) is 1. The monoisotopic (exact) mass is 507 g/mol. The van der Waals surface area contributed by atoms with Crippen LogP contribution in [0.5, 0.6) is 11.5 Å². The molecule has 0 aliphatic heterocycles. The molecule has 2 rings (SSSR count). The van der Waals surface area contributed by atoms with Gasteiger partial charge in [0, 0.05) is 24.6 Å². The summed E-state index contributed by atoms with van der Waals surface area (Å²) >= 11 is 12.0. The summed E-state index contributed by atoms with van der Waals surface area (Å²) in [4.78, 5) is 27.4. The van der Waals surface area contributed by atoms with Gasteiger partial charge >= 0.3 is 12.6 Å². The van der Waals surface area contributed by atoms with Gasteiger partial charge in [-0.15, -0.1) is 0 Å². The number of nitrogens with one attached hydrogen (secondary N) is 2. The third-order valence-corrected chi connectivity index (χ3v) is 4.77. The van der Waals surface area contributed by atoms with Crippen molar-refractivity contribution in [3.63, 3.8) is 0 Å². The molecule has 9 nitrogen and oxygen atoms in total. The molecule has 4 N–H and O–H groups in total. The Balaban J connectivity index is 2.06. The van der Waals surface area contributed by atoms with Gasteiger partial charge in [0.15, 0.2) is 11.5 Å². The van der Waals surface area contributed by atoms with Gasteiger partial charge in [-0.1, -0.05) is 23.2 Å². The van der Waals surface area contributed by atoms with Gasteiger partial charge in [0.25, 0.3) is 5.91 Å². The number of aliphatic hydroxyl groups excluding tert-OH is 1. The van der Waals surface area contributed by atoms with Crippen LogP contribution in [0.3, 0.4) is 0 Å². The number of benzene rings is 1. The Morgan fingerprint density at radius 3 is 2.45 bits per heavy atom. The summed E-state index contributed by atoms with van der Waals surface area (Å²) in [5.74, 6) is -2.13. The summed E-state index contributed by atoms with van der Waals surface area (Å²) in [5.41, 5.74) is 0.193.